The minimum atomic E-state index is -5.34. The molecule has 0 aliphatic heterocycles. The number of carbonyl (C=O) groups excluding carboxylic acids is 1. The summed E-state index contributed by atoms with van der Waals surface area (Å²) in [6, 6.07) is 1.77. The second kappa shape index (κ2) is 5.15. The average molecular weight is 316 g/mol. The van der Waals surface area contributed by atoms with Gasteiger partial charge in [-0.05, 0) is 0 Å². The van der Waals surface area contributed by atoms with E-state index in [1.807, 2.05) is 0 Å². The second-order valence-electron chi connectivity index (χ2n) is 3.27. The topological polar surface area (TPSA) is 156 Å². The van der Waals surface area contributed by atoms with Gasteiger partial charge in [0.25, 0.3) is 0 Å². The number of carbonyl (C=O) groups is 1. The molecule has 0 aromatic heterocycles. The van der Waals surface area contributed by atoms with Crippen LogP contribution >= 0.6 is 0 Å². The predicted molar refractivity (Wildman–Crippen MR) is 61.7 cm³/mol. The fourth-order valence-corrected chi connectivity index (χ4v) is 2.61. The van der Waals surface area contributed by atoms with E-state index in [0.29, 0.717) is 0 Å². The van der Waals surface area contributed by atoms with Crippen molar-refractivity contribution in [2.24, 2.45) is 5.11 Å². The maximum atomic E-state index is 11.1. The van der Waals surface area contributed by atoms with E-state index in [1.54, 1.807) is 0 Å². The molecule has 1 aromatic carbocycles. The van der Waals surface area contributed by atoms with Gasteiger partial charge in [0.05, 0.1) is 0 Å². The molecule has 18 heavy (non-hydrogen) atoms. The van der Waals surface area contributed by atoms with E-state index in [9.17, 15) is 13.6 Å². The summed E-state index contributed by atoms with van der Waals surface area (Å²) in [6.07, 6.45) is 0. The van der Waals surface area contributed by atoms with Gasteiger partial charge in [-0.25, -0.2) is 0 Å². The molecule has 1 rings (SSSR count). The van der Waals surface area contributed by atoms with Crippen LogP contribution in [0.2, 0.25) is 0 Å². The first-order chi connectivity index (χ1) is 8.25. The summed E-state index contributed by atoms with van der Waals surface area (Å²) in [5.41, 5.74) is 8.09. The normalized spacial score (nSPS) is 10.6. The molecule has 10 heteroatoms. The van der Waals surface area contributed by atoms with E-state index in [2.05, 4.69) is 15.3 Å². The molecule has 1 amide bonds. The summed E-state index contributed by atoms with van der Waals surface area (Å²) < 4.78 is 28.6. The fraction of sp³-hybridized carbons (Fsp3) is 0.125. The molecular formula is C8H9AsN4O5. The van der Waals surface area contributed by atoms with Crippen LogP contribution in [0.1, 0.15) is 6.92 Å². The van der Waals surface area contributed by atoms with Crippen LogP contribution in [0, 0.1) is 0 Å². The Morgan fingerprint density at radius 3 is 2.56 bits per heavy atom. The average Bonchev–Trinajstić information content (AvgIpc) is 2.19. The number of aromatic hydroxyl groups is 1. The molecule has 0 radical (unpaired) electrons. The number of anilines is 1. The zero-order chi connectivity index (χ0) is 13.9. The molecule has 0 aliphatic rings. The second-order valence-corrected chi connectivity index (χ2v) is 6.57. The van der Waals surface area contributed by atoms with Crippen molar-refractivity contribution in [1.29, 1.82) is 0 Å². The molecule has 0 fully saturated rings. The van der Waals surface area contributed by atoms with E-state index in [1.165, 1.54) is 6.92 Å². The molecule has 0 spiro atoms. The standard InChI is InChI=1S/C8H9AsN4O5/c1-4(14)11-6-2-5(9(16,17)18)8(15)3-7(6)12-13-10/h2-3,15H,1H3,(H,11,14)(H2,16,17,18). The number of amides is 1. The van der Waals surface area contributed by atoms with Gasteiger partial charge in [0.2, 0.25) is 0 Å². The zero-order valence-corrected chi connectivity index (χ0v) is 11.0. The summed E-state index contributed by atoms with van der Waals surface area (Å²) >= 11 is -5.34. The predicted octanol–water partition coefficient (Wildman–Crippen LogP) is -0.147. The summed E-state index contributed by atoms with van der Waals surface area (Å²) in [5.74, 6) is -1.21. The number of nitrogens with one attached hydrogen (secondary N) is 1. The SMILES string of the molecule is CC(=O)Nc1cc([As](=O)(O)O)c(O)cc1N=[N+]=[N-]. The molecule has 0 heterocycles. The Bertz CT molecular complexity index is 589. The van der Waals surface area contributed by atoms with Crippen molar-refractivity contribution in [3.05, 3.63) is 22.6 Å². The molecule has 0 bridgehead atoms. The van der Waals surface area contributed by atoms with Gasteiger partial charge >= 0.3 is 103 Å². The van der Waals surface area contributed by atoms with Crippen molar-refractivity contribution >= 4 is 35.8 Å². The van der Waals surface area contributed by atoms with Crippen molar-refractivity contribution < 1.29 is 21.8 Å². The van der Waals surface area contributed by atoms with E-state index < -0.39 is 30.2 Å². The molecule has 0 atom stereocenters. The van der Waals surface area contributed by atoms with Crippen LogP contribution < -0.4 is 9.67 Å². The Balaban J connectivity index is 3.49. The summed E-state index contributed by atoms with van der Waals surface area (Å²) in [6.45, 7) is 1.18. The Morgan fingerprint density at radius 1 is 1.50 bits per heavy atom. The molecule has 96 valence electrons. The van der Waals surface area contributed by atoms with E-state index in [0.717, 1.165) is 12.1 Å². The Labute approximate surface area is 104 Å². The number of benzene rings is 1. The minimum absolute atomic E-state index is 0.0853. The fourth-order valence-electron chi connectivity index (χ4n) is 1.22. The number of phenols is 1. The van der Waals surface area contributed by atoms with Gasteiger partial charge in [0.15, 0.2) is 0 Å². The third-order valence-corrected chi connectivity index (χ3v) is 3.94. The van der Waals surface area contributed by atoms with Crippen molar-refractivity contribution in [3.63, 3.8) is 0 Å². The van der Waals surface area contributed by atoms with Crippen LogP contribution in [0.15, 0.2) is 17.2 Å². The number of rotatable bonds is 3. The van der Waals surface area contributed by atoms with E-state index in [-0.39, 0.29) is 11.4 Å². The Kier molecular flexibility index (Phi) is 4.05. The molecule has 0 saturated heterocycles. The molecule has 4 N–H and O–H groups in total. The quantitative estimate of drug-likeness (QED) is 0.201. The monoisotopic (exact) mass is 316 g/mol. The van der Waals surface area contributed by atoms with Gasteiger partial charge < -0.3 is 0 Å². The summed E-state index contributed by atoms with van der Waals surface area (Å²) in [7, 11) is 0. The van der Waals surface area contributed by atoms with Gasteiger partial charge in [-0.15, -0.1) is 0 Å². The first kappa shape index (κ1) is 14.1. The van der Waals surface area contributed by atoms with Crippen LogP contribution in [0.5, 0.6) is 5.75 Å². The van der Waals surface area contributed by atoms with Crippen molar-refractivity contribution in [2.45, 2.75) is 6.92 Å². The molecule has 0 unspecified atom stereocenters. The molecule has 1 aromatic rings. The van der Waals surface area contributed by atoms with Crippen LogP contribution in [0.4, 0.5) is 11.4 Å². The number of phenolic OH excluding ortho intramolecular Hbond substituents is 1. The molecule has 0 aliphatic carbocycles. The molecular weight excluding hydrogens is 307 g/mol. The van der Waals surface area contributed by atoms with E-state index in [4.69, 9.17) is 13.7 Å². The number of azide groups is 1. The zero-order valence-electron chi connectivity index (χ0n) is 9.10. The van der Waals surface area contributed by atoms with Gasteiger partial charge in [-0.2, -0.15) is 0 Å². The first-order valence-electron chi connectivity index (χ1n) is 4.51. The number of nitrogens with zero attached hydrogens (tertiary/aromatic N) is 3. The Hall–Kier alpha value is -1.92. The van der Waals surface area contributed by atoms with E-state index >= 15 is 0 Å². The van der Waals surface area contributed by atoms with Crippen LogP contribution in [-0.4, -0.2) is 33.4 Å². The van der Waals surface area contributed by atoms with Crippen molar-refractivity contribution in [1.82, 2.24) is 0 Å². The first-order valence-corrected chi connectivity index (χ1v) is 7.90. The van der Waals surface area contributed by atoms with Crippen LogP contribution in [0.25, 0.3) is 10.4 Å². The molecule has 9 nitrogen and oxygen atoms in total. The third-order valence-electron chi connectivity index (χ3n) is 1.87. The van der Waals surface area contributed by atoms with Gasteiger partial charge in [-0.1, -0.05) is 0 Å². The van der Waals surface area contributed by atoms with Gasteiger partial charge in [-0.3, -0.25) is 0 Å². The maximum absolute atomic E-state index is 11.1. The summed E-state index contributed by atoms with van der Waals surface area (Å²) in [5, 5.41) is 14.9. The van der Waals surface area contributed by atoms with Crippen LogP contribution in [0.3, 0.4) is 0 Å². The van der Waals surface area contributed by atoms with Crippen LogP contribution in [-0.2, 0) is 8.53 Å². The van der Waals surface area contributed by atoms with Crippen molar-refractivity contribution in [3.8, 4) is 5.75 Å². The Morgan fingerprint density at radius 2 is 2.11 bits per heavy atom. The van der Waals surface area contributed by atoms with Gasteiger partial charge in [0.1, 0.15) is 0 Å². The third kappa shape index (κ3) is 3.28. The van der Waals surface area contributed by atoms with Gasteiger partial charge in [0, 0.05) is 0 Å². The number of hydrogen-bond acceptors (Lipinski definition) is 4. The van der Waals surface area contributed by atoms with Crippen molar-refractivity contribution in [2.75, 3.05) is 5.32 Å². The number of hydrogen-bond donors (Lipinski definition) is 4. The summed E-state index contributed by atoms with van der Waals surface area (Å²) in [4.78, 5) is 13.4. The molecule has 0 saturated carbocycles.